The Kier molecular flexibility index (Phi) is 6.73. The van der Waals surface area contributed by atoms with Gasteiger partial charge in [0.1, 0.15) is 6.04 Å². The fraction of sp³-hybridized carbons (Fsp3) is 0.619. The number of rotatable bonds is 8. The maximum absolute atomic E-state index is 15.1. The molecule has 2 unspecified atom stereocenters. The highest BCUT2D eigenvalue weighted by Gasteiger charge is 2.60. The first-order chi connectivity index (χ1) is 16.0. The highest BCUT2D eigenvalue weighted by atomic mass is 32.1. The summed E-state index contributed by atoms with van der Waals surface area (Å²) in [6.45, 7) is 2.80. The van der Waals surface area contributed by atoms with Gasteiger partial charge in [-0.15, -0.1) is 11.3 Å². The van der Waals surface area contributed by atoms with Gasteiger partial charge in [0.25, 0.3) is 5.92 Å². The zero-order valence-electron chi connectivity index (χ0n) is 19.1. The lowest BCUT2D eigenvalue weighted by Gasteiger charge is -2.28. The molecule has 2 saturated heterocycles. The summed E-state index contributed by atoms with van der Waals surface area (Å²) in [7, 11) is 1.26. The molecule has 1 aromatic rings. The van der Waals surface area contributed by atoms with E-state index in [0.717, 1.165) is 0 Å². The van der Waals surface area contributed by atoms with Crippen LogP contribution in [0, 0.1) is 5.41 Å². The van der Waals surface area contributed by atoms with Crippen LogP contribution in [-0.4, -0.2) is 95.7 Å². The number of aliphatic carboxylic acids is 1. The van der Waals surface area contributed by atoms with Crippen LogP contribution in [0.4, 0.5) is 8.78 Å². The van der Waals surface area contributed by atoms with Crippen molar-refractivity contribution in [1.82, 2.24) is 20.3 Å². The topological polar surface area (TPSA) is 117 Å². The van der Waals surface area contributed by atoms with Gasteiger partial charge in [-0.2, -0.15) is 5.06 Å². The van der Waals surface area contributed by atoms with Crippen LogP contribution < -0.4 is 5.32 Å². The number of alkyl halides is 2. The fourth-order valence-corrected chi connectivity index (χ4v) is 4.91. The van der Waals surface area contributed by atoms with Crippen molar-refractivity contribution in [3.05, 3.63) is 27.9 Å². The van der Waals surface area contributed by atoms with E-state index in [1.54, 1.807) is 30.3 Å². The van der Waals surface area contributed by atoms with Crippen molar-refractivity contribution in [2.45, 2.75) is 38.3 Å². The van der Waals surface area contributed by atoms with E-state index < -0.39 is 41.9 Å². The number of aliphatic imine (C=N–C) groups is 1. The van der Waals surface area contributed by atoms with E-state index in [-0.39, 0.29) is 38.2 Å². The number of nitrogens with zero attached hydrogens (tertiary/aromatic N) is 4. The average Bonchev–Trinajstić information content (AvgIpc) is 3.51. The molecule has 0 spiro atoms. The third kappa shape index (κ3) is 4.69. The van der Waals surface area contributed by atoms with E-state index >= 15 is 8.78 Å². The lowest BCUT2D eigenvalue weighted by atomic mass is 9.89. The summed E-state index contributed by atoms with van der Waals surface area (Å²) in [5, 5.41) is 16.1. The smallest absolute Gasteiger partial charge is 0.337 e. The van der Waals surface area contributed by atoms with E-state index in [1.807, 2.05) is 0 Å². The second-order valence-corrected chi connectivity index (χ2v) is 10.0. The molecule has 0 amide bonds. The van der Waals surface area contributed by atoms with Crippen LogP contribution in [0.1, 0.15) is 25.3 Å². The molecule has 186 valence electrons. The van der Waals surface area contributed by atoms with Gasteiger partial charge in [-0.05, 0) is 20.3 Å². The Morgan fingerprint density at radius 1 is 1.44 bits per heavy atom. The van der Waals surface area contributed by atoms with Gasteiger partial charge >= 0.3 is 11.9 Å². The Labute approximate surface area is 199 Å². The first-order valence-corrected chi connectivity index (χ1v) is 11.7. The SMILES string of the molecule is COC(=O)C1=C(CN2CC(F)(F)C3C2CON3CCC(C)(C)C(=O)O)NC(c2nccs2)=NC1. The second kappa shape index (κ2) is 9.29. The Morgan fingerprint density at radius 3 is 2.85 bits per heavy atom. The number of fused-ring (bicyclic) bond motifs is 1. The predicted octanol–water partition coefficient (Wildman–Crippen LogP) is 1.36. The minimum absolute atomic E-state index is 0.0437. The van der Waals surface area contributed by atoms with Crippen molar-refractivity contribution < 1.29 is 33.1 Å². The third-order valence-electron chi connectivity index (χ3n) is 6.39. The number of carbonyl (C=O) groups is 2. The summed E-state index contributed by atoms with van der Waals surface area (Å²) in [4.78, 5) is 39.5. The van der Waals surface area contributed by atoms with E-state index in [4.69, 9.17) is 9.57 Å². The standard InChI is InChI=1S/C21H27F2N5O5S/c1-20(2,19(30)31)4-6-28-15-14(10-33-28)27(11-21(15,22)23)9-13-12(18(29)32-3)8-25-16(26-13)17-24-5-7-34-17/h5,7,14-15H,4,6,8-11H2,1-3H3,(H,25,26)(H,30,31). The Morgan fingerprint density at radius 2 is 2.21 bits per heavy atom. The number of hydrogen-bond donors (Lipinski definition) is 2. The number of hydrogen-bond acceptors (Lipinski definition) is 10. The number of methoxy groups -OCH3 is 1. The number of nitrogens with one attached hydrogen (secondary N) is 1. The maximum Gasteiger partial charge on any atom is 0.337 e. The minimum atomic E-state index is -3.08. The van der Waals surface area contributed by atoms with Crippen molar-refractivity contribution in [3.63, 3.8) is 0 Å². The molecule has 0 bridgehead atoms. The van der Waals surface area contributed by atoms with Gasteiger partial charge in [0, 0.05) is 30.4 Å². The highest BCUT2D eigenvalue weighted by Crippen LogP contribution is 2.41. The number of halogens is 2. The van der Waals surface area contributed by atoms with Crippen LogP contribution in [0.2, 0.25) is 0 Å². The summed E-state index contributed by atoms with van der Waals surface area (Å²) < 4.78 is 35.1. The zero-order valence-corrected chi connectivity index (χ0v) is 19.9. The number of esters is 1. The van der Waals surface area contributed by atoms with Crippen LogP contribution in [0.25, 0.3) is 0 Å². The number of carboxylic acids is 1. The summed E-state index contributed by atoms with van der Waals surface area (Å²) >= 11 is 1.37. The predicted molar refractivity (Wildman–Crippen MR) is 118 cm³/mol. The molecule has 3 aliphatic rings. The quantitative estimate of drug-likeness (QED) is 0.512. The molecule has 2 atom stereocenters. The number of carboxylic acid groups (broad SMARTS) is 1. The molecule has 1 aromatic heterocycles. The molecule has 34 heavy (non-hydrogen) atoms. The van der Waals surface area contributed by atoms with Crippen LogP contribution in [0.15, 0.2) is 27.8 Å². The van der Waals surface area contributed by atoms with Crippen molar-refractivity contribution in [1.29, 1.82) is 0 Å². The largest absolute Gasteiger partial charge is 0.481 e. The van der Waals surface area contributed by atoms with E-state index in [2.05, 4.69) is 15.3 Å². The number of carbonyl (C=O) groups excluding carboxylic acids is 1. The van der Waals surface area contributed by atoms with Crippen LogP contribution in [0.5, 0.6) is 0 Å². The molecule has 0 saturated carbocycles. The maximum atomic E-state index is 15.1. The van der Waals surface area contributed by atoms with E-state index in [0.29, 0.717) is 16.5 Å². The Balaban J connectivity index is 1.51. The second-order valence-electron chi connectivity index (χ2n) is 9.13. The number of likely N-dealkylation sites (tertiary alicyclic amines) is 1. The summed E-state index contributed by atoms with van der Waals surface area (Å²) in [5.74, 6) is -4.18. The lowest BCUT2D eigenvalue weighted by molar-refractivity contribution is -0.186. The van der Waals surface area contributed by atoms with Crippen molar-refractivity contribution >= 4 is 29.1 Å². The van der Waals surface area contributed by atoms with Gasteiger partial charge < -0.3 is 15.2 Å². The fourth-order valence-electron chi connectivity index (χ4n) is 4.31. The van der Waals surface area contributed by atoms with Crippen molar-refractivity contribution in [2.75, 3.05) is 39.9 Å². The zero-order chi connectivity index (χ0) is 24.7. The van der Waals surface area contributed by atoms with Gasteiger partial charge in [0.05, 0.1) is 43.8 Å². The van der Waals surface area contributed by atoms with Crippen molar-refractivity contribution in [3.8, 4) is 0 Å². The normalized spacial score (nSPS) is 25.1. The van der Waals surface area contributed by atoms with Gasteiger partial charge in [-0.1, -0.05) is 0 Å². The van der Waals surface area contributed by atoms with Crippen LogP contribution in [0.3, 0.4) is 0 Å². The number of hydroxylamine groups is 2. The molecule has 13 heteroatoms. The monoisotopic (exact) mass is 499 g/mol. The Bertz CT molecular complexity index is 1010. The number of amidine groups is 1. The molecule has 3 aliphatic heterocycles. The van der Waals surface area contributed by atoms with Crippen LogP contribution >= 0.6 is 11.3 Å². The van der Waals surface area contributed by atoms with Crippen molar-refractivity contribution in [2.24, 2.45) is 10.4 Å². The van der Waals surface area contributed by atoms with Crippen LogP contribution in [-0.2, 0) is 19.2 Å². The van der Waals surface area contributed by atoms with Gasteiger partial charge in [0.15, 0.2) is 10.8 Å². The number of thiazole rings is 1. The molecule has 10 nitrogen and oxygen atoms in total. The molecule has 0 radical (unpaired) electrons. The van der Waals surface area contributed by atoms with Gasteiger partial charge in [-0.3, -0.25) is 19.5 Å². The summed E-state index contributed by atoms with van der Waals surface area (Å²) in [6, 6.07) is -1.84. The first kappa shape index (κ1) is 24.6. The minimum Gasteiger partial charge on any atom is -0.481 e. The molecule has 4 heterocycles. The molecular formula is C21H27F2N5O5S. The highest BCUT2D eigenvalue weighted by molar-refractivity contribution is 7.11. The van der Waals surface area contributed by atoms with Gasteiger partial charge in [0.2, 0.25) is 0 Å². The molecular weight excluding hydrogens is 472 g/mol. The summed E-state index contributed by atoms with van der Waals surface area (Å²) in [5.41, 5.74) is -0.352. The third-order valence-corrected chi connectivity index (χ3v) is 7.17. The lowest BCUT2D eigenvalue weighted by Crippen LogP contribution is -2.46. The number of aromatic nitrogens is 1. The molecule has 0 aliphatic carbocycles. The molecule has 2 fully saturated rings. The van der Waals surface area contributed by atoms with E-state index in [9.17, 15) is 14.7 Å². The first-order valence-electron chi connectivity index (χ1n) is 10.8. The van der Waals surface area contributed by atoms with E-state index in [1.165, 1.54) is 23.5 Å². The molecule has 0 aromatic carbocycles. The number of ether oxygens (including phenoxy) is 1. The average molecular weight is 500 g/mol. The Hall–Kier alpha value is -2.48. The molecule has 2 N–H and O–H groups in total. The summed E-state index contributed by atoms with van der Waals surface area (Å²) in [6.07, 6.45) is 1.79. The molecule has 4 rings (SSSR count). The van der Waals surface area contributed by atoms with Gasteiger partial charge in [-0.25, -0.2) is 18.6 Å².